The molecule has 5 nitrogen and oxygen atoms in total. The monoisotopic (exact) mass is 442 g/mol. The van der Waals surface area contributed by atoms with E-state index in [0.29, 0.717) is 5.69 Å². The minimum absolute atomic E-state index is 0.203. The second-order valence-corrected chi connectivity index (χ2v) is 9.57. The van der Waals surface area contributed by atoms with E-state index in [0.717, 1.165) is 16.1 Å². The smallest absolute Gasteiger partial charge is 0.248 e. The van der Waals surface area contributed by atoms with Gasteiger partial charge in [0.15, 0.2) is 0 Å². The predicted molar refractivity (Wildman–Crippen MR) is 117 cm³/mol. The summed E-state index contributed by atoms with van der Waals surface area (Å²) in [7, 11) is -3.77. The van der Waals surface area contributed by atoms with E-state index in [-0.39, 0.29) is 28.1 Å². The van der Waals surface area contributed by atoms with E-state index in [1.54, 1.807) is 13.0 Å². The van der Waals surface area contributed by atoms with Crippen LogP contribution in [-0.2, 0) is 14.8 Å². The molecule has 0 saturated carbocycles. The first-order valence-corrected chi connectivity index (χ1v) is 11.5. The fourth-order valence-corrected chi connectivity index (χ4v) is 4.77. The van der Waals surface area contributed by atoms with Gasteiger partial charge in [0.1, 0.15) is 6.04 Å². The lowest BCUT2D eigenvalue weighted by Gasteiger charge is -2.30. The number of para-hydroxylation sites is 1. The molecule has 1 atom stereocenters. The Bertz CT molecular complexity index is 941. The molecule has 0 aromatic heterocycles. The van der Waals surface area contributed by atoms with Crippen molar-refractivity contribution in [2.24, 2.45) is 0 Å². The second-order valence-electron chi connectivity index (χ2n) is 6.84. The molecule has 0 aliphatic rings. The van der Waals surface area contributed by atoms with Gasteiger partial charge in [0.05, 0.1) is 11.9 Å². The molecule has 0 aliphatic carbocycles. The van der Waals surface area contributed by atoms with Gasteiger partial charge in [-0.2, -0.15) is 0 Å². The van der Waals surface area contributed by atoms with E-state index in [1.807, 2.05) is 32.0 Å². The van der Waals surface area contributed by atoms with Gasteiger partial charge in [-0.1, -0.05) is 62.2 Å². The van der Waals surface area contributed by atoms with Crippen LogP contribution in [0.2, 0.25) is 10.0 Å². The molecule has 0 fully saturated rings. The number of amides is 1. The van der Waals surface area contributed by atoms with Crippen LogP contribution in [0.1, 0.15) is 38.7 Å². The van der Waals surface area contributed by atoms with Crippen LogP contribution in [0.25, 0.3) is 0 Å². The summed E-state index contributed by atoms with van der Waals surface area (Å²) in [6.45, 7) is 5.81. The maximum Gasteiger partial charge on any atom is 0.248 e. The SMILES string of the molecule is CC[C@H](C(=O)Nc1ccccc1C(C)C)N(c1cc(Cl)cc(Cl)c1)S(C)(=O)=O. The van der Waals surface area contributed by atoms with Gasteiger partial charge in [0.25, 0.3) is 0 Å². The molecular formula is C20H24Cl2N2O3S. The first-order valence-electron chi connectivity index (χ1n) is 8.89. The van der Waals surface area contributed by atoms with Crippen molar-refractivity contribution in [3.8, 4) is 0 Å². The summed E-state index contributed by atoms with van der Waals surface area (Å²) in [4.78, 5) is 13.1. The van der Waals surface area contributed by atoms with Gasteiger partial charge in [0, 0.05) is 15.7 Å². The summed E-state index contributed by atoms with van der Waals surface area (Å²) in [5.41, 5.74) is 1.89. The Labute approximate surface area is 176 Å². The van der Waals surface area contributed by atoms with Crippen LogP contribution in [0, 0.1) is 0 Å². The number of rotatable bonds is 7. The molecule has 1 N–H and O–H groups in total. The highest BCUT2D eigenvalue weighted by atomic mass is 35.5. The van der Waals surface area contributed by atoms with Crippen molar-refractivity contribution in [1.82, 2.24) is 0 Å². The average Bonchev–Trinajstić information content (AvgIpc) is 2.57. The second kappa shape index (κ2) is 9.16. The number of carbonyl (C=O) groups excluding carboxylic acids is 1. The number of hydrogen-bond acceptors (Lipinski definition) is 3. The molecule has 0 spiro atoms. The van der Waals surface area contributed by atoms with Crippen molar-refractivity contribution < 1.29 is 13.2 Å². The highest BCUT2D eigenvalue weighted by Crippen LogP contribution is 2.30. The van der Waals surface area contributed by atoms with Gasteiger partial charge < -0.3 is 5.32 Å². The lowest BCUT2D eigenvalue weighted by Crippen LogP contribution is -2.47. The fraction of sp³-hybridized carbons (Fsp3) is 0.350. The van der Waals surface area contributed by atoms with Gasteiger partial charge in [-0.05, 0) is 42.2 Å². The Hall–Kier alpha value is -1.76. The van der Waals surface area contributed by atoms with Crippen LogP contribution >= 0.6 is 23.2 Å². The topological polar surface area (TPSA) is 66.5 Å². The van der Waals surface area contributed by atoms with Crippen LogP contribution in [-0.4, -0.2) is 26.6 Å². The van der Waals surface area contributed by atoms with E-state index in [2.05, 4.69) is 5.32 Å². The van der Waals surface area contributed by atoms with Crippen molar-refractivity contribution in [1.29, 1.82) is 0 Å². The first kappa shape index (κ1) is 22.5. The number of sulfonamides is 1. The number of halogens is 2. The van der Waals surface area contributed by atoms with Crippen molar-refractivity contribution in [3.05, 3.63) is 58.1 Å². The molecule has 8 heteroatoms. The summed E-state index contributed by atoms with van der Waals surface area (Å²) in [5.74, 6) is -0.216. The number of nitrogens with one attached hydrogen (secondary N) is 1. The number of nitrogens with zero attached hydrogens (tertiary/aromatic N) is 1. The first-order chi connectivity index (χ1) is 13.0. The Morgan fingerprint density at radius 3 is 2.18 bits per heavy atom. The molecule has 28 heavy (non-hydrogen) atoms. The maximum absolute atomic E-state index is 13.1. The molecule has 0 unspecified atom stereocenters. The molecule has 0 radical (unpaired) electrons. The summed E-state index contributed by atoms with van der Waals surface area (Å²) in [6, 6.07) is 11.0. The van der Waals surface area contributed by atoms with Gasteiger partial charge in [-0.3, -0.25) is 9.10 Å². The minimum Gasteiger partial charge on any atom is -0.324 e. The molecule has 152 valence electrons. The van der Waals surface area contributed by atoms with Crippen molar-refractivity contribution >= 4 is 50.5 Å². The third-order valence-electron chi connectivity index (χ3n) is 4.27. The fourth-order valence-electron chi connectivity index (χ4n) is 3.06. The predicted octanol–water partition coefficient (Wildman–Crippen LogP) is 5.30. The molecular weight excluding hydrogens is 419 g/mol. The largest absolute Gasteiger partial charge is 0.324 e. The van der Waals surface area contributed by atoms with Crippen molar-refractivity contribution in [2.75, 3.05) is 15.9 Å². The zero-order chi connectivity index (χ0) is 21.1. The van der Waals surface area contributed by atoms with Crippen molar-refractivity contribution in [2.45, 2.75) is 39.2 Å². The summed E-state index contributed by atoms with van der Waals surface area (Å²) >= 11 is 12.1. The average molecular weight is 443 g/mol. The van der Waals surface area contributed by atoms with Crippen LogP contribution < -0.4 is 9.62 Å². The number of hydrogen-bond donors (Lipinski definition) is 1. The zero-order valence-corrected chi connectivity index (χ0v) is 18.6. The molecule has 0 heterocycles. The van der Waals surface area contributed by atoms with Crippen molar-refractivity contribution in [3.63, 3.8) is 0 Å². The highest BCUT2D eigenvalue weighted by molar-refractivity contribution is 7.92. The molecule has 0 saturated heterocycles. The minimum atomic E-state index is -3.77. The Kier molecular flexibility index (Phi) is 7.37. The molecule has 2 aromatic rings. The molecule has 2 aromatic carbocycles. The van der Waals surface area contributed by atoms with E-state index >= 15 is 0 Å². The zero-order valence-electron chi connectivity index (χ0n) is 16.2. The van der Waals surface area contributed by atoms with Gasteiger partial charge in [0.2, 0.25) is 15.9 Å². The summed E-state index contributed by atoms with van der Waals surface area (Å²) < 4.78 is 26.2. The molecule has 2 rings (SSSR count). The lowest BCUT2D eigenvalue weighted by molar-refractivity contribution is -0.117. The third kappa shape index (κ3) is 5.40. The van der Waals surface area contributed by atoms with Gasteiger partial charge in [-0.25, -0.2) is 8.42 Å². The summed E-state index contributed by atoms with van der Waals surface area (Å²) in [6.07, 6.45) is 1.33. The molecule has 0 bridgehead atoms. The Morgan fingerprint density at radius 1 is 1.11 bits per heavy atom. The van der Waals surface area contributed by atoms with Gasteiger partial charge in [-0.15, -0.1) is 0 Å². The summed E-state index contributed by atoms with van der Waals surface area (Å²) in [5, 5.41) is 3.46. The van der Waals surface area contributed by atoms with Crippen LogP contribution in [0.4, 0.5) is 11.4 Å². The Morgan fingerprint density at radius 2 is 1.68 bits per heavy atom. The third-order valence-corrected chi connectivity index (χ3v) is 5.89. The highest BCUT2D eigenvalue weighted by Gasteiger charge is 2.32. The van der Waals surface area contributed by atoms with Crippen LogP contribution in [0.15, 0.2) is 42.5 Å². The Balaban J connectivity index is 2.46. The molecule has 0 aliphatic heterocycles. The molecule has 1 amide bonds. The quantitative estimate of drug-likeness (QED) is 0.632. The van der Waals surface area contributed by atoms with Gasteiger partial charge >= 0.3 is 0 Å². The lowest BCUT2D eigenvalue weighted by atomic mass is 10.0. The van der Waals surface area contributed by atoms with Crippen LogP contribution in [0.5, 0.6) is 0 Å². The van der Waals surface area contributed by atoms with E-state index in [9.17, 15) is 13.2 Å². The van der Waals surface area contributed by atoms with Crippen LogP contribution in [0.3, 0.4) is 0 Å². The number of anilines is 2. The van der Waals surface area contributed by atoms with E-state index in [1.165, 1.54) is 18.2 Å². The van der Waals surface area contributed by atoms with E-state index in [4.69, 9.17) is 23.2 Å². The van der Waals surface area contributed by atoms with E-state index < -0.39 is 22.0 Å². The maximum atomic E-state index is 13.1. The standard InChI is InChI=1S/C20H24Cl2N2O3S/c1-5-19(20(25)23-18-9-7-6-8-17(18)13(2)3)24(28(4,26)27)16-11-14(21)10-15(22)12-16/h6-13,19H,5H2,1-4H3,(H,23,25)/t19-/m1/s1. The normalized spacial score (nSPS) is 12.7. The number of benzene rings is 2. The number of carbonyl (C=O) groups is 1.